The van der Waals surface area contributed by atoms with Gasteiger partial charge >= 0.3 is 5.97 Å². The van der Waals surface area contributed by atoms with E-state index in [0.29, 0.717) is 22.6 Å². The minimum Gasteiger partial charge on any atom is -0.452 e. The maximum atomic E-state index is 12.8. The third kappa shape index (κ3) is 3.87. The van der Waals surface area contributed by atoms with Crippen molar-refractivity contribution in [2.24, 2.45) is 0 Å². The zero-order chi connectivity index (χ0) is 21.3. The lowest BCUT2D eigenvalue weighted by Crippen LogP contribution is -2.18. The highest BCUT2D eigenvalue weighted by atomic mass is 35.5. The van der Waals surface area contributed by atoms with E-state index in [2.05, 4.69) is 0 Å². The molecule has 3 aromatic carbocycles. The van der Waals surface area contributed by atoms with Gasteiger partial charge in [0.15, 0.2) is 5.76 Å². The van der Waals surface area contributed by atoms with Crippen molar-refractivity contribution in [3.63, 3.8) is 0 Å². The average Bonchev–Trinajstić information content (AvgIpc) is 3.07. The van der Waals surface area contributed by atoms with E-state index in [0.717, 1.165) is 16.7 Å². The molecule has 5 heteroatoms. The van der Waals surface area contributed by atoms with Gasteiger partial charge in [0.25, 0.3) is 0 Å². The molecular weight excluding hydrogens is 400 g/mol. The first-order chi connectivity index (χ1) is 14.4. The van der Waals surface area contributed by atoms with Crippen LogP contribution in [0.2, 0.25) is 0 Å². The largest absolute Gasteiger partial charge is 0.452 e. The van der Waals surface area contributed by atoms with E-state index in [-0.39, 0.29) is 11.5 Å². The van der Waals surface area contributed by atoms with Crippen molar-refractivity contribution in [3.8, 4) is 22.6 Å². The quantitative estimate of drug-likeness (QED) is 0.232. The number of rotatable bonds is 4. The van der Waals surface area contributed by atoms with E-state index in [1.54, 1.807) is 25.1 Å². The molecule has 150 valence electrons. The van der Waals surface area contributed by atoms with Crippen molar-refractivity contribution in [1.29, 1.82) is 0 Å². The first kappa shape index (κ1) is 19.9. The molecule has 0 N–H and O–H groups in total. The van der Waals surface area contributed by atoms with Crippen LogP contribution >= 0.6 is 11.6 Å². The third-order valence-electron chi connectivity index (χ3n) is 4.89. The Kier molecular flexibility index (Phi) is 5.42. The minimum atomic E-state index is -0.769. The fraction of sp³-hybridized carbons (Fsp3) is 0.120. The normalized spacial score (nSPS) is 14.9. The van der Waals surface area contributed by atoms with Crippen molar-refractivity contribution in [2.45, 2.75) is 19.2 Å². The molecular formula is C25H19ClO4. The van der Waals surface area contributed by atoms with E-state index in [4.69, 9.17) is 21.1 Å². The topological polar surface area (TPSA) is 52.6 Å². The molecule has 0 amide bonds. The molecule has 1 aliphatic heterocycles. The van der Waals surface area contributed by atoms with Crippen LogP contribution in [-0.4, -0.2) is 17.1 Å². The summed E-state index contributed by atoms with van der Waals surface area (Å²) in [6, 6.07) is 21.1. The van der Waals surface area contributed by atoms with Gasteiger partial charge in [0.05, 0.1) is 5.56 Å². The summed E-state index contributed by atoms with van der Waals surface area (Å²) in [5.41, 5.74) is 4.09. The summed E-state index contributed by atoms with van der Waals surface area (Å²) in [7, 11) is 0. The number of alkyl halides is 1. The van der Waals surface area contributed by atoms with Gasteiger partial charge in [-0.15, -0.1) is 11.6 Å². The molecule has 0 aromatic heterocycles. The first-order valence-electron chi connectivity index (χ1n) is 9.53. The summed E-state index contributed by atoms with van der Waals surface area (Å²) in [6.07, 6.45) is 1.71. The predicted octanol–water partition coefficient (Wildman–Crippen LogP) is 5.81. The lowest BCUT2D eigenvalue weighted by Gasteiger charge is -2.10. The van der Waals surface area contributed by atoms with Crippen LogP contribution in [0.15, 0.2) is 72.5 Å². The van der Waals surface area contributed by atoms with Crippen LogP contribution in [0.1, 0.15) is 28.4 Å². The second-order valence-corrected chi connectivity index (χ2v) is 7.68. The van der Waals surface area contributed by atoms with E-state index in [1.165, 1.54) is 6.92 Å². The SMILES string of the molecule is Cc1c(OC(=O)C(C)Cl)ccc2c1O/C(=C\c1ccc(-c3ccccc3)cc1)C2=O. The minimum absolute atomic E-state index is 0.205. The molecule has 4 nitrogen and oxygen atoms in total. The van der Waals surface area contributed by atoms with Crippen LogP contribution in [0, 0.1) is 6.92 Å². The Bertz CT molecular complexity index is 1150. The maximum Gasteiger partial charge on any atom is 0.329 e. The van der Waals surface area contributed by atoms with Gasteiger partial charge in [-0.1, -0.05) is 54.6 Å². The Labute approximate surface area is 179 Å². The highest BCUT2D eigenvalue weighted by molar-refractivity contribution is 6.29. The first-order valence-corrected chi connectivity index (χ1v) is 9.97. The van der Waals surface area contributed by atoms with Crippen LogP contribution in [-0.2, 0) is 4.79 Å². The number of benzene rings is 3. The van der Waals surface area contributed by atoms with Gasteiger partial charge in [-0.2, -0.15) is 0 Å². The van der Waals surface area contributed by atoms with E-state index in [9.17, 15) is 9.59 Å². The zero-order valence-electron chi connectivity index (χ0n) is 16.5. The summed E-state index contributed by atoms with van der Waals surface area (Å²) in [5.74, 6) is 0.198. The van der Waals surface area contributed by atoms with Crippen molar-refractivity contribution >= 4 is 29.4 Å². The number of ketones is 1. The fourth-order valence-electron chi connectivity index (χ4n) is 3.22. The lowest BCUT2D eigenvalue weighted by molar-refractivity contribution is -0.133. The number of ether oxygens (including phenoxy) is 2. The third-order valence-corrected chi connectivity index (χ3v) is 5.07. The van der Waals surface area contributed by atoms with Gasteiger partial charge in [-0.05, 0) is 48.7 Å². The van der Waals surface area contributed by atoms with Gasteiger partial charge in [-0.25, -0.2) is 0 Å². The van der Waals surface area contributed by atoms with Crippen LogP contribution < -0.4 is 9.47 Å². The summed E-state index contributed by atoms with van der Waals surface area (Å²) < 4.78 is 11.1. The van der Waals surface area contributed by atoms with Crippen molar-refractivity contribution < 1.29 is 19.1 Å². The number of allylic oxidation sites excluding steroid dienone is 1. The molecule has 0 saturated carbocycles. The fourth-order valence-corrected chi connectivity index (χ4v) is 3.27. The average molecular weight is 419 g/mol. The Morgan fingerprint density at radius 3 is 2.33 bits per heavy atom. The monoisotopic (exact) mass is 418 g/mol. The molecule has 0 spiro atoms. The summed E-state index contributed by atoms with van der Waals surface area (Å²) in [5, 5.41) is -0.769. The number of hydrogen-bond acceptors (Lipinski definition) is 4. The number of carbonyl (C=O) groups excluding carboxylic acids is 2. The molecule has 30 heavy (non-hydrogen) atoms. The maximum absolute atomic E-state index is 12.8. The molecule has 4 rings (SSSR count). The molecule has 1 unspecified atom stereocenters. The molecule has 0 aliphatic carbocycles. The van der Waals surface area contributed by atoms with Crippen molar-refractivity contribution in [1.82, 2.24) is 0 Å². The van der Waals surface area contributed by atoms with Crippen LogP contribution in [0.5, 0.6) is 11.5 Å². The second-order valence-electron chi connectivity index (χ2n) is 7.03. The van der Waals surface area contributed by atoms with E-state index < -0.39 is 11.3 Å². The highest BCUT2D eigenvalue weighted by Gasteiger charge is 2.30. The Balaban J connectivity index is 1.58. The van der Waals surface area contributed by atoms with Gasteiger partial charge < -0.3 is 9.47 Å². The van der Waals surface area contributed by atoms with Gasteiger partial charge in [0.2, 0.25) is 5.78 Å². The lowest BCUT2D eigenvalue weighted by atomic mass is 10.0. The van der Waals surface area contributed by atoms with Gasteiger partial charge in [0, 0.05) is 5.56 Å². The zero-order valence-corrected chi connectivity index (χ0v) is 17.3. The molecule has 0 radical (unpaired) electrons. The Hall–Kier alpha value is -3.37. The van der Waals surface area contributed by atoms with Gasteiger partial charge in [0.1, 0.15) is 16.9 Å². The van der Waals surface area contributed by atoms with Crippen molar-refractivity contribution in [2.75, 3.05) is 0 Å². The molecule has 1 heterocycles. The van der Waals surface area contributed by atoms with Crippen LogP contribution in [0.3, 0.4) is 0 Å². The number of fused-ring (bicyclic) bond motifs is 1. The summed E-state index contributed by atoms with van der Waals surface area (Å²) in [6.45, 7) is 3.28. The van der Waals surface area contributed by atoms with E-state index in [1.807, 2.05) is 54.6 Å². The van der Waals surface area contributed by atoms with Gasteiger partial charge in [-0.3, -0.25) is 9.59 Å². The number of esters is 1. The Morgan fingerprint density at radius 2 is 1.67 bits per heavy atom. The molecule has 0 fully saturated rings. The van der Waals surface area contributed by atoms with Crippen LogP contribution in [0.4, 0.5) is 0 Å². The molecule has 0 saturated heterocycles. The standard InChI is InChI=1S/C25H19ClO4/c1-15-21(30-25(28)16(2)26)13-12-20-23(27)22(29-24(15)20)14-17-8-10-19(11-9-17)18-6-4-3-5-7-18/h3-14,16H,1-2H3/b22-14-. The van der Waals surface area contributed by atoms with Crippen LogP contribution in [0.25, 0.3) is 17.2 Å². The van der Waals surface area contributed by atoms with Crippen molar-refractivity contribution in [3.05, 3.63) is 89.2 Å². The summed E-state index contributed by atoms with van der Waals surface area (Å²) >= 11 is 5.77. The highest BCUT2D eigenvalue weighted by Crippen LogP contribution is 2.39. The number of carbonyl (C=O) groups is 2. The van der Waals surface area contributed by atoms with E-state index >= 15 is 0 Å². The summed E-state index contributed by atoms with van der Waals surface area (Å²) in [4.78, 5) is 24.6. The second kappa shape index (κ2) is 8.17. The predicted molar refractivity (Wildman–Crippen MR) is 117 cm³/mol. The number of halogens is 1. The molecule has 3 aromatic rings. The molecule has 1 atom stereocenters. The molecule has 0 bridgehead atoms. The number of Topliss-reactive ketones (excluding diaryl/α,β-unsaturated/α-hetero) is 1. The Morgan fingerprint density at radius 1 is 1.00 bits per heavy atom. The smallest absolute Gasteiger partial charge is 0.329 e. The number of hydrogen-bond donors (Lipinski definition) is 0. The molecule has 1 aliphatic rings.